The van der Waals surface area contributed by atoms with Gasteiger partial charge in [-0.1, -0.05) is 23.0 Å². The van der Waals surface area contributed by atoms with Gasteiger partial charge in [-0.15, -0.1) is 5.10 Å². The third-order valence-electron chi connectivity index (χ3n) is 1.55. The van der Waals surface area contributed by atoms with E-state index in [0.717, 1.165) is 4.85 Å². The molecule has 67 valence electrons. The van der Waals surface area contributed by atoms with Crippen LogP contribution in [0.4, 0.5) is 8.78 Å². The summed E-state index contributed by atoms with van der Waals surface area (Å²) in [5.74, 6) is 0. The number of fused-ring (bicyclic) bond motifs is 1. The summed E-state index contributed by atoms with van der Waals surface area (Å²) in [6.07, 6.45) is 2.55. The van der Waals surface area contributed by atoms with Crippen LogP contribution in [-0.4, -0.2) is 16.6 Å². The molecule has 0 fully saturated rings. The van der Waals surface area contributed by atoms with Crippen LogP contribution in [0.1, 0.15) is 0 Å². The topological polar surface area (TPSA) is 27.1 Å². The number of hydrogen-bond donors (Lipinski definition) is 0. The molecule has 0 spiro atoms. The van der Waals surface area contributed by atoms with Crippen LogP contribution >= 0.6 is 0 Å². The standard InChI is InChI=1S/C8H5F2N2O/c9-8(10)13-12-7-4-2-1-3-6(7)5-11-12/h1-4,8H. The highest BCUT2D eigenvalue weighted by atomic mass is 19.3. The highest BCUT2D eigenvalue weighted by Crippen LogP contribution is 2.11. The normalized spacial score (nSPS) is 11.0. The molecule has 0 amide bonds. The zero-order valence-corrected chi connectivity index (χ0v) is 6.45. The highest BCUT2D eigenvalue weighted by Gasteiger charge is 2.07. The van der Waals surface area contributed by atoms with Gasteiger partial charge in [0.2, 0.25) is 0 Å². The summed E-state index contributed by atoms with van der Waals surface area (Å²) >= 11 is 0. The maximum atomic E-state index is 11.8. The Morgan fingerprint density at radius 1 is 1.38 bits per heavy atom. The summed E-state index contributed by atoms with van der Waals surface area (Å²) in [5, 5.41) is 4.17. The van der Waals surface area contributed by atoms with Gasteiger partial charge in [-0.3, -0.25) is 0 Å². The Kier molecular flexibility index (Phi) is 1.84. The van der Waals surface area contributed by atoms with Crippen molar-refractivity contribution in [2.45, 2.75) is 6.61 Å². The van der Waals surface area contributed by atoms with Gasteiger partial charge < -0.3 is 4.84 Å². The van der Waals surface area contributed by atoms with Crippen LogP contribution in [0.3, 0.4) is 0 Å². The molecule has 0 aliphatic rings. The summed E-state index contributed by atoms with van der Waals surface area (Å²) in [4.78, 5) is 4.87. The molecule has 1 aromatic heterocycles. The Hall–Kier alpha value is -1.65. The maximum absolute atomic E-state index is 11.8. The number of alkyl halides is 2. The van der Waals surface area contributed by atoms with Crippen LogP contribution in [0.25, 0.3) is 10.9 Å². The molecule has 0 saturated carbocycles. The summed E-state index contributed by atoms with van der Waals surface area (Å²) in [6, 6.07) is 6.82. The fraction of sp³-hybridized carbons (Fsp3) is 0.125. The molecular formula is C8H5F2N2O. The number of hydrogen-bond acceptors (Lipinski definition) is 2. The Morgan fingerprint density at radius 2 is 2.15 bits per heavy atom. The van der Waals surface area contributed by atoms with Gasteiger partial charge in [-0.2, -0.15) is 8.78 Å². The molecule has 2 aromatic rings. The van der Waals surface area contributed by atoms with Crippen molar-refractivity contribution in [3.8, 4) is 0 Å². The van der Waals surface area contributed by atoms with Crippen LogP contribution in [0.2, 0.25) is 0 Å². The molecule has 0 saturated heterocycles. The van der Waals surface area contributed by atoms with E-state index in [1.807, 2.05) is 0 Å². The maximum Gasteiger partial charge on any atom is 0.407 e. The Bertz CT molecular complexity index is 413. The van der Waals surface area contributed by atoms with Crippen molar-refractivity contribution in [3.05, 3.63) is 30.5 Å². The van der Waals surface area contributed by atoms with E-state index < -0.39 is 6.61 Å². The zero-order valence-electron chi connectivity index (χ0n) is 6.45. The lowest BCUT2D eigenvalue weighted by molar-refractivity contribution is -0.139. The van der Waals surface area contributed by atoms with Crippen LogP contribution in [-0.2, 0) is 0 Å². The Morgan fingerprint density at radius 3 is 2.92 bits per heavy atom. The van der Waals surface area contributed by atoms with E-state index in [4.69, 9.17) is 0 Å². The lowest BCUT2D eigenvalue weighted by Crippen LogP contribution is -2.17. The quantitative estimate of drug-likeness (QED) is 0.705. The third kappa shape index (κ3) is 1.44. The first-order chi connectivity index (χ1) is 6.27. The van der Waals surface area contributed by atoms with Gasteiger partial charge in [0.1, 0.15) is 11.7 Å². The minimum absolute atomic E-state index is 0.475. The number of para-hydroxylation sites is 1. The lowest BCUT2D eigenvalue weighted by Gasteiger charge is -2.02. The monoisotopic (exact) mass is 183 g/mol. The molecule has 13 heavy (non-hydrogen) atoms. The molecular weight excluding hydrogens is 178 g/mol. The van der Waals surface area contributed by atoms with Crippen molar-refractivity contribution in [1.29, 1.82) is 0 Å². The van der Waals surface area contributed by atoms with Crippen LogP contribution in [0.15, 0.2) is 24.3 Å². The second-order valence-corrected chi connectivity index (χ2v) is 2.37. The summed E-state index contributed by atoms with van der Waals surface area (Å²) in [7, 11) is 0. The number of nitrogens with zero attached hydrogens (tertiary/aromatic N) is 2. The number of aromatic nitrogens is 2. The first-order valence-corrected chi connectivity index (χ1v) is 3.58. The van der Waals surface area contributed by atoms with E-state index in [0.29, 0.717) is 10.9 Å². The van der Waals surface area contributed by atoms with E-state index in [-0.39, 0.29) is 0 Å². The van der Waals surface area contributed by atoms with E-state index in [2.05, 4.69) is 16.1 Å². The average molecular weight is 183 g/mol. The van der Waals surface area contributed by atoms with Gasteiger partial charge in [0.15, 0.2) is 0 Å². The fourth-order valence-corrected chi connectivity index (χ4v) is 1.04. The number of rotatable bonds is 2. The molecule has 0 bridgehead atoms. The fourth-order valence-electron chi connectivity index (χ4n) is 1.04. The van der Waals surface area contributed by atoms with Gasteiger partial charge in [0.05, 0.1) is 0 Å². The van der Waals surface area contributed by atoms with Crippen LogP contribution < -0.4 is 4.84 Å². The molecule has 0 unspecified atom stereocenters. The minimum atomic E-state index is -2.88. The summed E-state index contributed by atoms with van der Waals surface area (Å²) < 4.78 is 23.7. The first-order valence-electron chi connectivity index (χ1n) is 3.58. The van der Waals surface area contributed by atoms with Crippen molar-refractivity contribution in [2.75, 3.05) is 0 Å². The largest absolute Gasteiger partial charge is 0.407 e. The number of benzene rings is 1. The first kappa shape index (κ1) is 7.97. The third-order valence-corrected chi connectivity index (χ3v) is 1.55. The molecule has 1 radical (unpaired) electrons. The lowest BCUT2D eigenvalue weighted by atomic mass is 10.3. The predicted octanol–water partition coefficient (Wildman–Crippen LogP) is 1.49. The van der Waals surface area contributed by atoms with Crippen molar-refractivity contribution in [1.82, 2.24) is 9.94 Å². The van der Waals surface area contributed by atoms with Crippen molar-refractivity contribution < 1.29 is 13.6 Å². The predicted molar refractivity (Wildman–Crippen MR) is 41.2 cm³/mol. The van der Waals surface area contributed by atoms with Gasteiger partial charge in [0.25, 0.3) is 0 Å². The molecule has 0 aliphatic heterocycles. The molecule has 2 rings (SSSR count). The van der Waals surface area contributed by atoms with E-state index in [1.54, 1.807) is 24.3 Å². The van der Waals surface area contributed by atoms with E-state index >= 15 is 0 Å². The summed E-state index contributed by atoms with van der Waals surface area (Å²) in [5.41, 5.74) is 0.475. The minimum Gasteiger partial charge on any atom is -0.326 e. The Balaban J connectivity index is 2.46. The van der Waals surface area contributed by atoms with Gasteiger partial charge in [-0.05, 0) is 6.07 Å². The van der Waals surface area contributed by atoms with Crippen molar-refractivity contribution >= 4 is 10.9 Å². The van der Waals surface area contributed by atoms with E-state index in [9.17, 15) is 8.78 Å². The van der Waals surface area contributed by atoms with E-state index in [1.165, 1.54) is 0 Å². The smallest absolute Gasteiger partial charge is 0.326 e. The second kappa shape index (κ2) is 3.01. The Labute approximate surface area is 72.5 Å². The van der Waals surface area contributed by atoms with Crippen molar-refractivity contribution in [2.24, 2.45) is 0 Å². The van der Waals surface area contributed by atoms with Gasteiger partial charge >= 0.3 is 6.61 Å². The van der Waals surface area contributed by atoms with Gasteiger partial charge in [-0.25, -0.2) is 0 Å². The molecule has 1 aromatic carbocycles. The van der Waals surface area contributed by atoms with Crippen LogP contribution in [0, 0.1) is 6.20 Å². The van der Waals surface area contributed by atoms with Crippen LogP contribution in [0.5, 0.6) is 0 Å². The summed E-state index contributed by atoms with van der Waals surface area (Å²) in [6.45, 7) is -2.88. The highest BCUT2D eigenvalue weighted by molar-refractivity contribution is 5.77. The average Bonchev–Trinajstić information content (AvgIpc) is 2.48. The molecule has 0 atom stereocenters. The second-order valence-electron chi connectivity index (χ2n) is 2.37. The molecule has 1 heterocycles. The zero-order chi connectivity index (χ0) is 9.26. The SMILES string of the molecule is FC(F)On1n[c]c2ccccc21. The molecule has 0 aliphatic carbocycles. The molecule has 5 heteroatoms. The van der Waals surface area contributed by atoms with Gasteiger partial charge in [0, 0.05) is 5.39 Å². The molecule has 0 N–H and O–H groups in total. The van der Waals surface area contributed by atoms with Crippen molar-refractivity contribution in [3.63, 3.8) is 0 Å². The number of halogens is 2. The molecule has 3 nitrogen and oxygen atoms in total.